The smallest absolute Gasteiger partial charge is 0.0686 e. The number of pyridine rings is 1. The minimum absolute atomic E-state index is 0.834. The standard InChI is InChI=1S/C13H11N3/c1-2-7-14-12(6-1)8-10-4-3-5-11-9-15-16-13(10)11/h1-7,9H,8H2,(H,15,16). The Hall–Kier alpha value is -2.16. The van der Waals surface area contributed by atoms with Gasteiger partial charge in [0, 0.05) is 23.7 Å². The van der Waals surface area contributed by atoms with Gasteiger partial charge >= 0.3 is 0 Å². The minimum Gasteiger partial charge on any atom is -0.278 e. The molecule has 3 nitrogen and oxygen atoms in total. The normalized spacial score (nSPS) is 10.8. The highest BCUT2D eigenvalue weighted by molar-refractivity contribution is 5.81. The summed E-state index contributed by atoms with van der Waals surface area (Å²) in [4.78, 5) is 4.33. The second-order valence-corrected chi connectivity index (χ2v) is 3.75. The largest absolute Gasteiger partial charge is 0.278 e. The third-order valence-corrected chi connectivity index (χ3v) is 2.66. The van der Waals surface area contributed by atoms with Gasteiger partial charge in [-0.15, -0.1) is 0 Å². The van der Waals surface area contributed by atoms with E-state index in [1.54, 1.807) is 0 Å². The van der Waals surface area contributed by atoms with Crippen LogP contribution in [-0.2, 0) is 6.42 Å². The number of para-hydroxylation sites is 1. The van der Waals surface area contributed by atoms with Crippen LogP contribution in [0.4, 0.5) is 0 Å². The maximum atomic E-state index is 4.33. The number of nitrogens with zero attached hydrogens (tertiary/aromatic N) is 2. The van der Waals surface area contributed by atoms with E-state index in [1.807, 2.05) is 30.6 Å². The van der Waals surface area contributed by atoms with Crippen molar-refractivity contribution in [3.8, 4) is 0 Å². The molecule has 0 bridgehead atoms. The van der Waals surface area contributed by atoms with Gasteiger partial charge in [-0.3, -0.25) is 10.1 Å². The van der Waals surface area contributed by atoms with Crippen LogP contribution in [0.3, 0.4) is 0 Å². The molecule has 0 saturated heterocycles. The molecule has 1 N–H and O–H groups in total. The summed E-state index contributed by atoms with van der Waals surface area (Å²) in [5, 5.41) is 8.24. The number of rotatable bonds is 2. The third kappa shape index (κ3) is 1.56. The number of fused-ring (bicyclic) bond motifs is 1. The summed E-state index contributed by atoms with van der Waals surface area (Å²) in [6.45, 7) is 0. The van der Waals surface area contributed by atoms with Crippen molar-refractivity contribution in [1.82, 2.24) is 15.2 Å². The molecular weight excluding hydrogens is 198 g/mol. The maximum Gasteiger partial charge on any atom is 0.0686 e. The zero-order chi connectivity index (χ0) is 10.8. The molecule has 0 unspecified atom stereocenters. The molecule has 0 atom stereocenters. The van der Waals surface area contributed by atoms with E-state index >= 15 is 0 Å². The van der Waals surface area contributed by atoms with Gasteiger partial charge in [0.05, 0.1) is 11.7 Å². The highest BCUT2D eigenvalue weighted by atomic mass is 15.1. The summed E-state index contributed by atoms with van der Waals surface area (Å²) in [5.41, 5.74) is 3.41. The Morgan fingerprint density at radius 1 is 1.06 bits per heavy atom. The van der Waals surface area contributed by atoms with Gasteiger partial charge in [-0.25, -0.2) is 0 Å². The molecule has 0 aliphatic heterocycles. The fourth-order valence-electron chi connectivity index (χ4n) is 1.88. The fourth-order valence-corrected chi connectivity index (χ4v) is 1.88. The topological polar surface area (TPSA) is 41.6 Å². The van der Waals surface area contributed by atoms with E-state index in [0.717, 1.165) is 23.0 Å². The zero-order valence-electron chi connectivity index (χ0n) is 8.72. The van der Waals surface area contributed by atoms with Crippen molar-refractivity contribution in [1.29, 1.82) is 0 Å². The molecule has 3 aromatic rings. The maximum absolute atomic E-state index is 4.33. The first-order valence-corrected chi connectivity index (χ1v) is 5.24. The third-order valence-electron chi connectivity index (χ3n) is 2.66. The molecule has 0 aliphatic carbocycles. The van der Waals surface area contributed by atoms with Crippen LogP contribution in [0.5, 0.6) is 0 Å². The molecular formula is C13H11N3. The Morgan fingerprint density at radius 2 is 2.06 bits per heavy atom. The number of hydrogen-bond acceptors (Lipinski definition) is 2. The number of benzene rings is 1. The van der Waals surface area contributed by atoms with Crippen LogP contribution in [-0.4, -0.2) is 15.2 Å². The van der Waals surface area contributed by atoms with Gasteiger partial charge in [0.25, 0.3) is 0 Å². The first-order valence-electron chi connectivity index (χ1n) is 5.24. The second kappa shape index (κ2) is 3.77. The molecule has 0 amide bonds. The molecule has 0 spiro atoms. The van der Waals surface area contributed by atoms with E-state index in [4.69, 9.17) is 0 Å². The molecule has 78 valence electrons. The van der Waals surface area contributed by atoms with Crippen LogP contribution < -0.4 is 0 Å². The molecule has 0 fully saturated rings. The Labute approximate surface area is 93.2 Å². The fraction of sp³-hybridized carbons (Fsp3) is 0.0769. The minimum atomic E-state index is 0.834. The quantitative estimate of drug-likeness (QED) is 0.704. The van der Waals surface area contributed by atoms with Gasteiger partial charge in [0.1, 0.15) is 0 Å². The Kier molecular flexibility index (Phi) is 2.14. The molecule has 3 heteroatoms. The molecule has 0 radical (unpaired) electrons. The summed E-state index contributed by atoms with van der Waals surface area (Å²) in [7, 11) is 0. The summed E-state index contributed by atoms with van der Waals surface area (Å²) >= 11 is 0. The van der Waals surface area contributed by atoms with E-state index in [2.05, 4.69) is 33.4 Å². The Bertz CT molecular complexity index is 599. The Balaban J connectivity index is 2.04. The lowest BCUT2D eigenvalue weighted by atomic mass is 10.1. The molecule has 1 aromatic carbocycles. The van der Waals surface area contributed by atoms with Gasteiger partial charge in [-0.2, -0.15) is 5.10 Å². The van der Waals surface area contributed by atoms with Gasteiger partial charge in [0.2, 0.25) is 0 Å². The lowest BCUT2D eigenvalue weighted by Crippen LogP contribution is -1.92. The van der Waals surface area contributed by atoms with Crippen LogP contribution in [0.1, 0.15) is 11.3 Å². The predicted octanol–water partition coefficient (Wildman–Crippen LogP) is 2.55. The average molecular weight is 209 g/mol. The number of hydrogen-bond donors (Lipinski definition) is 1. The summed E-state index contributed by atoms with van der Waals surface area (Å²) < 4.78 is 0. The highest BCUT2D eigenvalue weighted by Gasteiger charge is 2.03. The van der Waals surface area contributed by atoms with E-state index in [-0.39, 0.29) is 0 Å². The van der Waals surface area contributed by atoms with Crippen molar-refractivity contribution in [3.63, 3.8) is 0 Å². The van der Waals surface area contributed by atoms with E-state index in [1.165, 1.54) is 5.56 Å². The predicted molar refractivity (Wildman–Crippen MR) is 63.1 cm³/mol. The summed E-state index contributed by atoms with van der Waals surface area (Å²) in [6, 6.07) is 12.2. The van der Waals surface area contributed by atoms with Crippen molar-refractivity contribution in [2.24, 2.45) is 0 Å². The van der Waals surface area contributed by atoms with Gasteiger partial charge in [0.15, 0.2) is 0 Å². The van der Waals surface area contributed by atoms with E-state index < -0.39 is 0 Å². The Morgan fingerprint density at radius 3 is 2.94 bits per heavy atom. The van der Waals surface area contributed by atoms with Crippen LogP contribution in [0.2, 0.25) is 0 Å². The number of aromatic amines is 1. The average Bonchev–Trinajstić information content (AvgIpc) is 2.80. The number of aromatic nitrogens is 3. The molecule has 3 rings (SSSR count). The van der Waals surface area contributed by atoms with Crippen LogP contribution >= 0.6 is 0 Å². The van der Waals surface area contributed by atoms with E-state index in [0.29, 0.717) is 0 Å². The van der Waals surface area contributed by atoms with Crippen molar-refractivity contribution < 1.29 is 0 Å². The first kappa shape index (κ1) is 9.09. The lowest BCUT2D eigenvalue weighted by molar-refractivity contribution is 1.06. The first-order chi connectivity index (χ1) is 7.93. The molecule has 0 saturated carbocycles. The van der Waals surface area contributed by atoms with Gasteiger partial charge in [-0.1, -0.05) is 24.3 Å². The highest BCUT2D eigenvalue weighted by Crippen LogP contribution is 2.17. The summed E-state index contributed by atoms with van der Waals surface area (Å²) in [5.74, 6) is 0. The van der Waals surface area contributed by atoms with Crippen molar-refractivity contribution in [3.05, 3.63) is 60.0 Å². The SMILES string of the molecule is c1ccc(Cc2cccc3cn[nH]c23)nc1. The van der Waals surface area contributed by atoms with E-state index in [9.17, 15) is 0 Å². The van der Waals surface area contributed by atoms with Crippen molar-refractivity contribution >= 4 is 10.9 Å². The molecule has 2 heterocycles. The zero-order valence-corrected chi connectivity index (χ0v) is 8.72. The monoisotopic (exact) mass is 209 g/mol. The van der Waals surface area contributed by atoms with Crippen LogP contribution in [0.25, 0.3) is 10.9 Å². The van der Waals surface area contributed by atoms with Crippen LogP contribution in [0.15, 0.2) is 48.8 Å². The molecule has 16 heavy (non-hydrogen) atoms. The molecule has 2 aromatic heterocycles. The van der Waals surface area contributed by atoms with Crippen molar-refractivity contribution in [2.45, 2.75) is 6.42 Å². The van der Waals surface area contributed by atoms with Gasteiger partial charge in [-0.05, 0) is 17.7 Å². The second-order valence-electron chi connectivity index (χ2n) is 3.75. The van der Waals surface area contributed by atoms with Gasteiger partial charge < -0.3 is 0 Å². The van der Waals surface area contributed by atoms with Crippen molar-refractivity contribution in [2.75, 3.05) is 0 Å². The number of nitrogens with one attached hydrogen (secondary N) is 1. The van der Waals surface area contributed by atoms with Crippen LogP contribution in [0, 0.1) is 0 Å². The number of H-pyrrole nitrogens is 1. The molecule has 0 aliphatic rings. The lowest BCUT2D eigenvalue weighted by Gasteiger charge is -2.01. The summed E-state index contributed by atoms with van der Waals surface area (Å²) in [6.07, 6.45) is 4.50.